The molecule has 0 aromatic heterocycles. The smallest absolute Gasteiger partial charge is 0.306 e. The Bertz CT molecular complexity index is 270. The van der Waals surface area contributed by atoms with Crippen LogP contribution in [-0.4, -0.2) is 12.1 Å². The second-order valence-electron chi connectivity index (χ2n) is 5.35. The summed E-state index contributed by atoms with van der Waals surface area (Å²) < 4.78 is 5.55. The van der Waals surface area contributed by atoms with Gasteiger partial charge in [0.25, 0.3) is 0 Å². The third-order valence-corrected chi connectivity index (χ3v) is 3.73. The lowest BCUT2D eigenvalue weighted by molar-refractivity contribution is -0.151. The van der Waals surface area contributed by atoms with E-state index < -0.39 is 0 Å². The maximum atomic E-state index is 11.7. The van der Waals surface area contributed by atoms with E-state index in [4.69, 9.17) is 4.74 Å². The SMILES string of the molecule is CC1CCCC(OC(=O)CC2C=CCC2)C1. The normalized spacial score (nSPS) is 33.9. The summed E-state index contributed by atoms with van der Waals surface area (Å²) >= 11 is 0. The van der Waals surface area contributed by atoms with Crippen molar-refractivity contribution in [3.05, 3.63) is 12.2 Å². The van der Waals surface area contributed by atoms with Gasteiger partial charge in [0, 0.05) is 0 Å². The predicted molar refractivity (Wildman–Crippen MR) is 64.0 cm³/mol. The van der Waals surface area contributed by atoms with Crippen LogP contribution in [0.15, 0.2) is 12.2 Å². The Kier molecular flexibility index (Phi) is 4.03. The summed E-state index contributed by atoms with van der Waals surface area (Å²) in [7, 11) is 0. The molecule has 0 spiro atoms. The van der Waals surface area contributed by atoms with E-state index in [1.807, 2.05) is 0 Å². The molecule has 16 heavy (non-hydrogen) atoms. The zero-order valence-corrected chi connectivity index (χ0v) is 10.2. The molecule has 3 unspecified atom stereocenters. The van der Waals surface area contributed by atoms with Crippen LogP contribution >= 0.6 is 0 Å². The molecule has 2 aliphatic rings. The van der Waals surface area contributed by atoms with Crippen molar-refractivity contribution in [2.45, 2.75) is 58.0 Å². The first-order chi connectivity index (χ1) is 7.74. The number of rotatable bonds is 3. The number of esters is 1. The number of carbonyl (C=O) groups excluding carboxylic acids is 1. The van der Waals surface area contributed by atoms with E-state index in [0.29, 0.717) is 12.3 Å². The van der Waals surface area contributed by atoms with Gasteiger partial charge in [-0.05, 0) is 43.9 Å². The quantitative estimate of drug-likeness (QED) is 0.540. The molecular formula is C14H22O2. The molecule has 2 heteroatoms. The van der Waals surface area contributed by atoms with Gasteiger partial charge in [-0.1, -0.05) is 25.5 Å². The van der Waals surface area contributed by atoms with Gasteiger partial charge >= 0.3 is 5.97 Å². The molecule has 0 N–H and O–H groups in total. The van der Waals surface area contributed by atoms with Crippen LogP contribution in [0, 0.1) is 11.8 Å². The minimum absolute atomic E-state index is 0.00986. The Morgan fingerprint density at radius 1 is 1.38 bits per heavy atom. The predicted octanol–water partition coefficient (Wildman–Crippen LogP) is 3.46. The van der Waals surface area contributed by atoms with Gasteiger partial charge in [0.05, 0.1) is 6.42 Å². The molecule has 0 aliphatic heterocycles. The highest BCUT2D eigenvalue weighted by atomic mass is 16.5. The molecule has 0 amide bonds. The summed E-state index contributed by atoms with van der Waals surface area (Å²) in [5, 5.41) is 0. The Hall–Kier alpha value is -0.790. The highest BCUT2D eigenvalue weighted by Crippen LogP contribution is 2.27. The first-order valence-electron chi connectivity index (χ1n) is 6.60. The van der Waals surface area contributed by atoms with E-state index in [1.54, 1.807) is 0 Å². The number of ether oxygens (including phenoxy) is 1. The topological polar surface area (TPSA) is 26.3 Å². The summed E-state index contributed by atoms with van der Waals surface area (Å²) in [5.41, 5.74) is 0. The van der Waals surface area contributed by atoms with Gasteiger partial charge in [-0.3, -0.25) is 4.79 Å². The fourth-order valence-electron chi connectivity index (χ4n) is 2.80. The first kappa shape index (κ1) is 11.7. The Labute approximate surface area is 98.1 Å². The molecule has 0 saturated heterocycles. The van der Waals surface area contributed by atoms with E-state index in [-0.39, 0.29) is 12.1 Å². The van der Waals surface area contributed by atoms with Crippen molar-refractivity contribution < 1.29 is 9.53 Å². The van der Waals surface area contributed by atoms with Gasteiger partial charge in [-0.15, -0.1) is 0 Å². The van der Waals surface area contributed by atoms with Gasteiger partial charge in [0.2, 0.25) is 0 Å². The molecule has 0 aromatic rings. The maximum Gasteiger partial charge on any atom is 0.306 e. The van der Waals surface area contributed by atoms with Crippen LogP contribution in [0.4, 0.5) is 0 Å². The standard InChI is InChI=1S/C14H22O2/c1-11-5-4-8-13(9-11)16-14(15)10-12-6-2-3-7-12/h2,6,11-13H,3-5,7-10H2,1H3. The van der Waals surface area contributed by atoms with Gasteiger partial charge < -0.3 is 4.74 Å². The molecule has 90 valence electrons. The number of carbonyl (C=O) groups is 1. The molecule has 1 saturated carbocycles. The van der Waals surface area contributed by atoms with Crippen LogP contribution in [0.3, 0.4) is 0 Å². The van der Waals surface area contributed by atoms with Gasteiger partial charge in [0.15, 0.2) is 0 Å². The summed E-state index contributed by atoms with van der Waals surface area (Å²) in [6.07, 6.45) is 12.0. The monoisotopic (exact) mass is 222 g/mol. The van der Waals surface area contributed by atoms with Crippen LogP contribution in [0.1, 0.15) is 51.9 Å². The zero-order chi connectivity index (χ0) is 11.4. The molecule has 2 aliphatic carbocycles. The van der Waals surface area contributed by atoms with Crippen molar-refractivity contribution in [1.29, 1.82) is 0 Å². The van der Waals surface area contributed by atoms with E-state index in [0.717, 1.165) is 31.6 Å². The molecule has 2 nitrogen and oxygen atoms in total. The van der Waals surface area contributed by atoms with Crippen LogP contribution < -0.4 is 0 Å². The Morgan fingerprint density at radius 3 is 2.94 bits per heavy atom. The maximum absolute atomic E-state index is 11.7. The van der Waals surface area contributed by atoms with Crippen LogP contribution in [0.2, 0.25) is 0 Å². The lowest BCUT2D eigenvalue weighted by atomic mass is 9.88. The molecule has 3 atom stereocenters. The fourth-order valence-corrected chi connectivity index (χ4v) is 2.80. The van der Waals surface area contributed by atoms with Crippen LogP contribution in [-0.2, 0) is 9.53 Å². The highest BCUT2D eigenvalue weighted by molar-refractivity contribution is 5.70. The first-order valence-corrected chi connectivity index (χ1v) is 6.60. The van der Waals surface area contributed by atoms with Crippen molar-refractivity contribution in [1.82, 2.24) is 0 Å². The van der Waals surface area contributed by atoms with Gasteiger partial charge in [0.1, 0.15) is 6.10 Å². The summed E-state index contributed by atoms with van der Waals surface area (Å²) in [4.78, 5) is 11.7. The summed E-state index contributed by atoms with van der Waals surface area (Å²) in [6.45, 7) is 2.25. The highest BCUT2D eigenvalue weighted by Gasteiger charge is 2.23. The van der Waals surface area contributed by atoms with E-state index in [1.165, 1.54) is 12.8 Å². The second-order valence-corrected chi connectivity index (χ2v) is 5.35. The van der Waals surface area contributed by atoms with Crippen molar-refractivity contribution >= 4 is 5.97 Å². The summed E-state index contributed by atoms with van der Waals surface area (Å²) in [5.74, 6) is 1.17. The minimum Gasteiger partial charge on any atom is -0.462 e. The largest absolute Gasteiger partial charge is 0.462 e. The van der Waals surface area contributed by atoms with Crippen molar-refractivity contribution in [3.63, 3.8) is 0 Å². The molecule has 0 heterocycles. The zero-order valence-electron chi connectivity index (χ0n) is 10.2. The molecule has 0 bridgehead atoms. The average molecular weight is 222 g/mol. The average Bonchev–Trinajstić information content (AvgIpc) is 2.70. The number of hydrogen-bond donors (Lipinski definition) is 0. The Balaban J connectivity index is 1.71. The van der Waals surface area contributed by atoms with Crippen molar-refractivity contribution in [2.24, 2.45) is 11.8 Å². The fraction of sp³-hybridized carbons (Fsp3) is 0.786. The number of allylic oxidation sites excluding steroid dienone is 2. The van der Waals surface area contributed by atoms with E-state index >= 15 is 0 Å². The third-order valence-electron chi connectivity index (χ3n) is 3.73. The lowest BCUT2D eigenvalue weighted by Gasteiger charge is -2.26. The minimum atomic E-state index is 0.00986. The van der Waals surface area contributed by atoms with Crippen LogP contribution in [0.5, 0.6) is 0 Å². The molecular weight excluding hydrogens is 200 g/mol. The second kappa shape index (κ2) is 5.51. The number of hydrogen-bond acceptors (Lipinski definition) is 2. The molecule has 1 fully saturated rings. The van der Waals surface area contributed by atoms with Crippen molar-refractivity contribution in [3.8, 4) is 0 Å². The van der Waals surface area contributed by atoms with Gasteiger partial charge in [-0.2, -0.15) is 0 Å². The molecule has 2 rings (SSSR count). The van der Waals surface area contributed by atoms with E-state index in [2.05, 4.69) is 19.1 Å². The summed E-state index contributed by atoms with van der Waals surface area (Å²) in [6, 6.07) is 0. The lowest BCUT2D eigenvalue weighted by Crippen LogP contribution is -2.25. The van der Waals surface area contributed by atoms with Crippen LogP contribution in [0.25, 0.3) is 0 Å². The van der Waals surface area contributed by atoms with E-state index in [9.17, 15) is 4.79 Å². The Morgan fingerprint density at radius 2 is 2.25 bits per heavy atom. The third kappa shape index (κ3) is 3.36. The van der Waals surface area contributed by atoms with Gasteiger partial charge in [-0.25, -0.2) is 0 Å². The van der Waals surface area contributed by atoms with Crippen molar-refractivity contribution in [2.75, 3.05) is 0 Å². The molecule has 0 aromatic carbocycles. The molecule has 0 radical (unpaired) electrons.